The van der Waals surface area contributed by atoms with Crippen LogP contribution in [0.4, 0.5) is 0 Å². The third-order valence-electron chi connectivity index (χ3n) is 4.24. The molecule has 0 aromatic rings. The zero-order chi connectivity index (χ0) is 13.4. The molecule has 1 aliphatic heterocycles. The van der Waals surface area contributed by atoms with Gasteiger partial charge in [0.2, 0.25) is 5.91 Å². The fourth-order valence-electron chi connectivity index (χ4n) is 2.82. The minimum absolute atomic E-state index is 0.0102. The Bertz CT molecular complexity index is 326. The smallest absolute Gasteiger partial charge is 0.225 e. The van der Waals surface area contributed by atoms with Gasteiger partial charge in [0, 0.05) is 20.2 Å². The first kappa shape index (κ1) is 13.8. The largest absolute Gasteiger partial charge is 0.382 e. The highest BCUT2D eigenvalue weighted by molar-refractivity contribution is 5.81. The van der Waals surface area contributed by atoms with E-state index in [1.54, 1.807) is 7.11 Å². The number of carbonyl (C=O) groups is 1. The van der Waals surface area contributed by atoms with Crippen molar-refractivity contribution in [1.29, 1.82) is 0 Å². The number of rotatable bonds is 5. The van der Waals surface area contributed by atoms with Crippen LogP contribution >= 0.6 is 0 Å². The Morgan fingerprint density at radius 3 is 2.56 bits per heavy atom. The van der Waals surface area contributed by atoms with Crippen LogP contribution in [-0.4, -0.2) is 50.3 Å². The Kier molecular flexibility index (Phi) is 3.67. The molecule has 5 nitrogen and oxygen atoms in total. The molecule has 0 aromatic carbocycles. The van der Waals surface area contributed by atoms with Gasteiger partial charge in [-0.3, -0.25) is 10.2 Å². The highest BCUT2D eigenvalue weighted by Crippen LogP contribution is 2.39. The van der Waals surface area contributed by atoms with E-state index in [4.69, 9.17) is 4.74 Å². The number of nitrogens with zero attached hydrogens (tertiary/aromatic N) is 1. The summed E-state index contributed by atoms with van der Waals surface area (Å²) >= 11 is 0. The lowest BCUT2D eigenvalue weighted by atomic mass is 9.81. The van der Waals surface area contributed by atoms with E-state index in [0.717, 1.165) is 25.9 Å². The first-order valence-electron chi connectivity index (χ1n) is 6.66. The molecule has 2 N–H and O–H groups in total. The minimum Gasteiger partial charge on any atom is -0.382 e. The van der Waals surface area contributed by atoms with Crippen molar-refractivity contribution in [3.8, 4) is 0 Å². The lowest BCUT2D eigenvalue weighted by Crippen LogP contribution is -2.46. The fraction of sp³-hybridized carbons (Fsp3) is 0.923. The zero-order valence-electron chi connectivity index (χ0n) is 11.9. The zero-order valence-corrected chi connectivity index (χ0v) is 11.9. The van der Waals surface area contributed by atoms with E-state index in [-0.39, 0.29) is 22.8 Å². The molecule has 18 heavy (non-hydrogen) atoms. The van der Waals surface area contributed by atoms with Crippen LogP contribution in [0.5, 0.6) is 0 Å². The van der Waals surface area contributed by atoms with Crippen LogP contribution in [0.1, 0.15) is 26.7 Å². The first-order chi connectivity index (χ1) is 8.42. The van der Waals surface area contributed by atoms with Crippen molar-refractivity contribution in [3.63, 3.8) is 0 Å². The topological polar surface area (TPSA) is 53.6 Å². The van der Waals surface area contributed by atoms with E-state index in [9.17, 15) is 4.79 Å². The number of ether oxygens (including phenoxy) is 1. The van der Waals surface area contributed by atoms with Gasteiger partial charge in [-0.2, -0.15) is 0 Å². The third kappa shape index (κ3) is 2.68. The molecule has 2 aliphatic rings. The quantitative estimate of drug-likeness (QED) is 0.745. The molecule has 0 unspecified atom stereocenters. The van der Waals surface area contributed by atoms with Gasteiger partial charge < -0.3 is 10.1 Å². The van der Waals surface area contributed by atoms with Crippen LogP contribution in [0.3, 0.4) is 0 Å². The summed E-state index contributed by atoms with van der Waals surface area (Å²) in [5.41, 5.74) is 3.07. The van der Waals surface area contributed by atoms with E-state index in [2.05, 4.69) is 29.6 Å². The van der Waals surface area contributed by atoms with Crippen molar-refractivity contribution < 1.29 is 9.53 Å². The molecule has 1 amide bonds. The number of methoxy groups -OCH3 is 1. The third-order valence-corrected chi connectivity index (χ3v) is 4.24. The maximum absolute atomic E-state index is 12.4. The van der Waals surface area contributed by atoms with Crippen LogP contribution < -0.4 is 10.7 Å². The Labute approximate surface area is 109 Å². The van der Waals surface area contributed by atoms with Gasteiger partial charge in [-0.25, -0.2) is 5.01 Å². The van der Waals surface area contributed by atoms with Crippen molar-refractivity contribution >= 4 is 5.91 Å². The molecule has 1 saturated carbocycles. The normalized spacial score (nSPS) is 29.2. The lowest BCUT2D eigenvalue weighted by Gasteiger charge is -2.27. The summed E-state index contributed by atoms with van der Waals surface area (Å²) in [4.78, 5) is 12.4. The van der Waals surface area contributed by atoms with E-state index in [1.807, 2.05) is 7.05 Å². The van der Waals surface area contributed by atoms with Gasteiger partial charge in [0.1, 0.15) is 0 Å². The summed E-state index contributed by atoms with van der Waals surface area (Å²) < 4.78 is 5.19. The average Bonchev–Trinajstić information content (AvgIpc) is 2.95. The van der Waals surface area contributed by atoms with Crippen molar-refractivity contribution in [2.45, 2.75) is 32.2 Å². The molecule has 2 fully saturated rings. The average molecular weight is 255 g/mol. The number of carbonyl (C=O) groups excluding carboxylic acids is 1. The van der Waals surface area contributed by atoms with Gasteiger partial charge in [0.25, 0.3) is 0 Å². The van der Waals surface area contributed by atoms with Gasteiger partial charge in [0.15, 0.2) is 0 Å². The first-order valence-corrected chi connectivity index (χ1v) is 6.66. The SMILES string of the molecule is CNN1C[C@H](C(=O)NC2(COC)CC2)C(C)(C)C1. The molecule has 1 atom stereocenters. The molecule has 0 radical (unpaired) electrons. The van der Waals surface area contributed by atoms with E-state index in [1.165, 1.54) is 0 Å². The Morgan fingerprint density at radius 1 is 1.44 bits per heavy atom. The predicted molar refractivity (Wildman–Crippen MR) is 69.9 cm³/mol. The molecule has 0 bridgehead atoms. The second-order valence-electron chi connectivity index (χ2n) is 6.35. The van der Waals surface area contributed by atoms with Gasteiger partial charge in [0.05, 0.1) is 18.1 Å². The standard InChI is InChI=1S/C13H25N3O2/c1-12(2)8-16(14-3)7-10(12)11(17)15-13(5-6-13)9-18-4/h10,14H,5-9H2,1-4H3,(H,15,17)/t10-/m1/s1. The van der Waals surface area contributed by atoms with Gasteiger partial charge in [-0.15, -0.1) is 0 Å². The van der Waals surface area contributed by atoms with Crippen molar-refractivity contribution in [3.05, 3.63) is 0 Å². The number of hydrazine groups is 1. The molecule has 1 saturated heterocycles. The number of hydrogen-bond acceptors (Lipinski definition) is 4. The second kappa shape index (κ2) is 4.79. The molecular formula is C13H25N3O2. The molecule has 1 heterocycles. The van der Waals surface area contributed by atoms with Crippen LogP contribution in [0.2, 0.25) is 0 Å². The molecular weight excluding hydrogens is 230 g/mol. The van der Waals surface area contributed by atoms with E-state index >= 15 is 0 Å². The number of amides is 1. The summed E-state index contributed by atoms with van der Waals surface area (Å²) in [6.45, 7) is 6.62. The Morgan fingerprint density at radius 2 is 2.11 bits per heavy atom. The summed E-state index contributed by atoms with van der Waals surface area (Å²) in [5, 5.41) is 5.30. The predicted octanol–water partition coefficient (Wildman–Crippen LogP) is 0.374. The van der Waals surface area contributed by atoms with Crippen molar-refractivity contribution in [2.75, 3.05) is 33.9 Å². The van der Waals surface area contributed by atoms with Gasteiger partial charge in [-0.05, 0) is 25.3 Å². The van der Waals surface area contributed by atoms with Crippen LogP contribution in [-0.2, 0) is 9.53 Å². The van der Waals surface area contributed by atoms with Gasteiger partial charge >= 0.3 is 0 Å². The van der Waals surface area contributed by atoms with Crippen LogP contribution in [0, 0.1) is 11.3 Å². The second-order valence-corrected chi connectivity index (χ2v) is 6.35. The Balaban J connectivity index is 1.97. The Hall–Kier alpha value is -0.650. The molecule has 104 valence electrons. The summed E-state index contributed by atoms with van der Waals surface area (Å²) in [6, 6.07) is 0. The molecule has 5 heteroatoms. The summed E-state index contributed by atoms with van der Waals surface area (Å²) in [6.07, 6.45) is 2.07. The van der Waals surface area contributed by atoms with Crippen molar-refractivity contribution in [2.24, 2.45) is 11.3 Å². The van der Waals surface area contributed by atoms with E-state index < -0.39 is 0 Å². The van der Waals surface area contributed by atoms with Crippen LogP contribution in [0.25, 0.3) is 0 Å². The van der Waals surface area contributed by atoms with Crippen molar-refractivity contribution in [1.82, 2.24) is 15.8 Å². The molecule has 0 spiro atoms. The highest BCUT2D eigenvalue weighted by Gasteiger charge is 2.49. The number of nitrogens with one attached hydrogen (secondary N) is 2. The maximum Gasteiger partial charge on any atom is 0.225 e. The summed E-state index contributed by atoms with van der Waals surface area (Å²) in [7, 11) is 3.60. The monoisotopic (exact) mass is 255 g/mol. The van der Waals surface area contributed by atoms with E-state index in [0.29, 0.717) is 6.61 Å². The fourth-order valence-corrected chi connectivity index (χ4v) is 2.82. The highest BCUT2D eigenvalue weighted by atomic mass is 16.5. The lowest BCUT2D eigenvalue weighted by molar-refractivity contribution is -0.128. The molecule has 2 rings (SSSR count). The van der Waals surface area contributed by atoms with Crippen LogP contribution in [0.15, 0.2) is 0 Å². The maximum atomic E-state index is 12.4. The molecule has 1 aliphatic carbocycles. The minimum atomic E-state index is -0.0744. The van der Waals surface area contributed by atoms with Gasteiger partial charge in [-0.1, -0.05) is 13.8 Å². The summed E-state index contributed by atoms with van der Waals surface area (Å²) in [5.74, 6) is 0.214. The molecule has 0 aromatic heterocycles. The number of hydrogen-bond donors (Lipinski definition) is 2.